The van der Waals surface area contributed by atoms with Crippen molar-refractivity contribution in [2.75, 3.05) is 6.61 Å². The SMILES string of the molecule is Cc1ccc(-c2[nH]ncc2CNOCC(N)=O)o1. The number of hydrogen-bond donors (Lipinski definition) is 3. The molecule has 0 spiro atoms. The number of H-pyrrole nitrogens is 1. The maximum absolute atomic E-state index is 10.5. The Balaban J connectivity index is 1.98. The van der Waals surface area contributed by atoms with Crippen LogP contribution in [0, 0.1) is 6.92 Å². The summed E-state index contributed by atoms with van der Waals surface area (Å²) in [5.41, 5.74) is 9.22. The summed E-state index contributed by atoms with van der Waals surface area (Å²) < 4.78 is 5.50. The Labute approximate surface area is 103 Å². The standard InChI is InChI=1S/C11H14N4O3/c1-7-2-3-9(18-7)11-8(4-13-15-11)5-14-17-6-10(12)16/h2-4,14H,5-6H2,1H3,(H2,12,16)(H,13,15). The summed E-state index contributed by atoms with van der Waals surface area (Å²) in [5, 5.41) is 6.80. The highest BCUT2D eigenvalue weighted by atomic mass is 16.6. The first-order chi connectivity index (χ1) is 8.66. The first kappa shape index (κ1) is 12.3. The lowest BCUT2D eigenvalue weighted by Crippen LogP contribution is -2.24. The molecule has 0 aliphatic heterocycles. The van der Waals surface area contributed by atoms with Crippen molar-refractivity contribution in [2.45, 2.75) is 13.5 Å². The third-order valence-electron chi connectivity index (χ3n) is 2.28. The molecule has 0 aromatic carbocycles. The number of furan rings is 1. The quantitative estimate of drug-likeness (QED) is 0.511. The van der Waals surface area contributed by atoms with Crippen molar-refractivity contribution < 1.29 is 14.0 Å². The highest BCUT2D eigenvalue weighted by molar-refractivity contribution is 5.74. The molecule has 0 aliphatic carbocycles. The van der Waals surface area contributed by atoms with Crippen LogP contribution in [0.5, 0.6) is 0 Å². The Morgan fingerprint density at radius 1 is 1.61 bits per heavy atom. The van der Waals surface area contributed by atoms with Gasteiger partial charge in [0.25, 0.3) is 0 Å². The van der Waals surface area contributed by atoms with Gasteiger partial charge >= 0.3 is 0 Å². The van der Waals surface area contributed by atoms with E-state index in [0.29, 0.717) is 12.3 Å². The fraction of sp³-hybridized carbons (Fsp3) is 0.273. The smallest absolute Gasteiger partial charge is 0.245 e. The third kappa shape index (κ3) is 2.96. The number of nitrogens with two attached hydrogens (primary N) is 1. The van der Waals surface area contributed by atoms with Crippen LogP contribution in [0.2, 0.25) is 0 Å². The fourth-order valence-electron chi connectivity index (χ4n) is 1.48. The van der Waals surface area contributed by atoms with Gasteiger partial charge in [-0.3, -0.25) is 14.7 Å². The maximum Gasteiger partial charge on any atom is 0.245 e. The minimum atomic E-state index is -0.531. The summed E-state index contributed by atoms with van der Waals surface area (Å²) in [6.45, 7) is 2.08. The van der Waals surface area contributed by atoms with Crippen LogP contribution in [-0.4, -0.2) is 22.7 Å². The number of aromatic amines is 1. The third-order valence-corrected chi connectivity index (χ3v) is 2.28. The molecular weight excluding hydrogens is 236 g/mol. The molecule has 0 saturated heterocycles. The summed E-state index contributed by atoms with van der Waals surface area (Å²) in [6, 6.07) is 3.73. The Morgan fingerprint density at radius 3 is 3.11 bits per heavy atom. The minimum Gasteiger partial charge on any atom is -0.460 e. The zero-order valence-electron chi connectivity index (χ0n) is 9.90. The molecule has 0 saturated carbocycles. The second kappa shape index (κ2) is 5.48. The average molecular weight is 250 g/mol. The number of amides is 1. The Bertz CT molecular complexity index is 532. The van der Waals surface area contributed by atoms with Gasteiger partial charge in [-0.05, 0) is 19.1 Å². The molecule has 0 aliphatic rings. The second-order valence-corrected chi connectivity index (χ2v) is 3.76. The second-order valence-electron chi connectivity index (χ2n) is 3.76. The Morgan fingerprint density at radius 2 is 2.44 bits per heavy atom. The van der Waals surface area contributed by atoms with Crippen LogP contribution < -0.4 is 11.2 Å². The van der Waals surface area contributed by atoms with Crippen molar-refractivity contribution in [3.8, 4) is 11.5 Å². The highest BCUT2D eigenvalue weighted by Crippen LogP contribution is 2.22. The molecular formula is C11H14N4O3. The largest absolute Gasteiger partial charge is 0.460 e. The number of aryl methyl sites for hydroxylation is 1. The number of hydrogen-bond acceptors (Lipinski definition) is 5. The van der Waals surface area contributed by atoms with Crippen LogP contribution in [0.3, 0.4) is 0 Å². The molecule has 0 atom stereocenters. The van der Waals surface area contributed by atoms with Crippen LogP contribution in [0.1, 0.15) is 11.3 Å². The van der Waals surface area contributed by atoms with Gasteiger partial charge in [0.1, 0.15) is 18.1 Å². The lowest BCUT2D eigenvalue weighted by Gasteiger charge is -2.03. The zero-order valence-corrected chi connectivity index (χ0v) is 9.90. The van der Waals surface area contributed by atoms with Crippen molar-refractivity contribution in [2.24, 2.45) is 5.73 Å². The molecule has 0 unspecified atom stereocenters. The minimum absolute atomic E-state index is 0.174. The topological polar surface area (TPSA) is 106 Å². The van der Waals surface area contributed by atoms with Gasteiger partial charge in [-0.25, -0.2) is 0 Å². The first-order valence-electron chi connectivity index (χ1n) is 5.39. The summed E-state index contributed by atoms with van der Waals surface area (Å²) in [5.74, 6) is 0.997. The van der Waals surface area contributed by atoms with E-state index in [2.05, 4.69) is 15.7 Å². The molecule has 2 aromatic heterocycles. The van der Waals surface area contributed by atoms with Crippen LogP contribution in [0.25, 0.3) is 11.5 Å². The van der Waals surface area contributed by atoms with E-state index in [4.69, 9.17) is 15.0 Å². The number of nitrogens with zero attached hydrogens (tertiary/aromatic N) is 1. The molecule has 18 heavy (non-hydrogen) atoms. The number of aromatic nitrogens is 2. The van der Waals surface area contributed by atoms with Gasteiger partial charge < -0.3 is 10.2 Å². The van der Waals surface area contributed by atoms with E-state index in [1.807, 2.05) is 19.1 Å². The first-order valence-corrected chi connectivity index (χ1v) is 5.39. The molecule has 4 N–H and O–H groups in total. The fourth-order valence-corrected chi connectivity index (χ4v) is 1.48. The highest BCUT2D eigenvalue weighted by Gasteiger charge is 2.10. The van der Waals surface area contributed by atoms with Crippen LogP contribution in [0.15, 0.2) is 22.7 Å². The van der Waals surface area contributed by atoms with Crippen LogP contribution >= 0.6 is 0 Å². The van der Waals surface area contributed by atoms with Crippen LogP contribution in [0.4, 0.5) is 0 Å². The molecule has 0 radical (unpaired) electrons. The van der Waals surface area contributed by atoms with Crippen LogP contribution in [-0.2, 0) is 16.2 Å². The van der Waals surface area contributed by atoms with Crippen molar-refractivity contribution >= 4 is 5.91 Å². The van der Waals surface area contributed by atoms with E-state index in [-0.39, 0.29) is 6.61 Å². The van der Waals surface area contributed by atoms with Crippen molar-refractivity contribution in [3.05, 3.63) is 29.7 Å². The van der Waals surface area contributed by atoms with E-state index in [0.717, 1.165) is 17.0 Å². The Hall–Kier alpha value is -2.12. The van der Waals surface area contributed by atoms with E-state index in [9.17, 15) is 4.79 Å². The molecule has 7 nitrogen and oxygen atoms in total. The molecule has 7 heteroatoms. The molecule has 2 heterocycles. The van der Waals surface area contributed by atoms with Gasteiger partial charge in [0.2, 0.25) is 5.91 Å². The normalized spacial score (nSPS) is 10.7. The van der Waals surface area contributed by atoms with E-state index < -0.39 is 5.91 Å². The van der Waals surface area contributed by atoms with Gasteiger partial charge in [0.05, 0.1) is 6.20 Å². The Kier molecular flexibility index (Phi) is 3.75. The van der Waals surface area contributed by atoms with Gasteiger partial charge in [-0.1, -0.05) is 0 Å². The lowest BCUT2D eigenvalue weighted by molar-refractivity contribution is -0.125. The molecule has 2 rings (SSSR count). The summed E-state index contributed by atoms with van der Waals surface area (Å²) in [4.78, 5) is 15.3. The molecule has 2 aromatic rings. The van der Waals surface area contributed by atoms with E-state index >= 15 is 0 Å². The van der Waals surface area contributed by atoms with Gasteiger partial charge in [0, 0.05) is 12.1 Å². The summed E-state index contributed by atoms with van der Waals surface area (Å²) >= 11 is 0. The lowest BCUT2D eigenvalue weighted by atomic mass is 10.2. The van der Waals surface area contributed by atoms with E-state index in [1.165, 1.54) is 0 Å². The average Bonchev–Trinajstić information content (AvgIpc) is 2.92. The van der Waals surface area contributed by atoms with Crippen molar-refractivity contribution in [1.82, 2.24) is 15.7 Å². The van der Waals surface area contributed by atoms with Gasteiger partial charge in [0.15, 0.2) is 5.76 Å². The van der Waals surface area contributed by atoms with Crippen molar-refractivity contribution in [3.63, 3.8) is 0 Å². The number of nitrogens with one attached hydrogen (secondary N) is 2. The zero-order chi connectivity index (χ0) is 13.0. The molecule has 0 bridgehead atoms. The number of carbonyl (C=O) groups excluding carboxylic acids is 1. The number of hydroxylamine groups is 1. The molecule has 1 amide bonds. The summed E-state index contributed by atoms with van der Waals surface area (Å²) in [7, 11) is 0. The predicted octanol–water partition coefficient (Wildman–Crippen LogP) is 0.485. The number of carbonyl (C=O) groups is 1. The number of rotatable bonds is 6. The predicted molar refractivity (Wildman–Crippen MR) is 63.0 cm³/mol. The monoisotopic (exact) mass is 250 g/mol. The van der Waals surface area contributed by atoms with Crippen molar-refractivity contribution in [1.29, 1.82) is 0 Å². The molecule has 0 fully saturated rings. The van der Waals surface area contributed by atoms with Gasteiger partial charge in [-0.15, -0.1) is 0 Å². The van der Waals surface area contributed by atoms with E-state index in [1.54, 1.807) is 6.20 Å². The number of primary amides is 1. The van der Waals surface area contributed by atoms with Gasteiger partial charge in [-0.2, -0.15) is 10.6 Å². The molecule has 96 valence electrons. The maximum atomic E-state index is 10.5. The summed E-state index contributed by atoms with van der Waals surface area (Å²) in [6.07, 6.45) is 1.66.